The molecule has 0 unspecified atom stereocenters. The zero-order valence-corrected chi connectivity index (χ0v) is 15.6. The molecular weight excluding hydrogens is 354 g/mol. The minimum Gasteiger partial charge on any atom is -0.493 e. The molecule has 26 heavy (non-hydrogen) atoms. The van der Waals surface area contributed by atoms with Crippen molar-refractivity contribution in [2.45, 2.75) is 13.0 Å². The lowest BCUT2D eigenvalue weighted by atomic mass is 10.1. The van der Waals surface area contributed by atoms with Crippen LogP contribution in [0.2, 0.25) is 0 Å². The fraction of sp³-hybridized carbons (Fsp3) is 0.263. The summed E-state index contributed by atoms with van der Waals surface area (Å²) in [6.07, 6.45) is 0.0988. The Balaban J connectivity index is 1.67. The highest BCUT2D eigenvalue weighted by Gasteiger charge is 2.16. The molecule has 0 amide bonds. The van der Waals surface area contributed by atoms with E-state index in [0.717, 1.165) is 15.2 Å². The van der Waals surface area contributed by atoms with Gasteiger partial charge in [0.15, 0.2) is 11.5 Å². The summed E-state index contributed by atoms with van der Waals surface area (Å²) in [6, 6.07) is 11.3. The zero-order chi connectivity index (χ0) is 18.5. The molecule has 2 aromatic carbocycles. The molecule has 0 saturated heterocycles. The van der Waals surface area contributed by atoms with Gasteiger partial charge in [-0.15, -0.1) is 11.3 Å². The van der Waals surface area contributed by atoms with Gasteiger partial charge in [0.2, 0.25) is 5.75 Å². The van der Waals surface area contributed by atoms with Crippen molar-refractivity contribution in [2.75, 3.05) is 21.3 Å². The number of hydrogen-bond acceptors (Lipinski definition) is 7. The summed E-state index contributed by atoms with van der Waals surface area (Å²) in [5, 5.41) is 0.768. The van der Waals surface area contributed by atoms with Gasteiger partial charge < -0.3 is 18.9 Å². The topological polar surface area (TPSA) is 66.9 Å². The second-order valence-electron chi connectivity index (χ2n) is 5.45. The predicted octanol–water partition coefficient (Wildman–Crippen LogP) is 3.61. The molecule has 3 aromatic rings. The number of nitrogens with zero attached hydrogens (tertiary/aromatic N) is 1. The number of methoxy groups -OCH3 is 3. The van der Waals surface area contributed by atoms with Crippen molar-refractivity contribution in [1.29, 1.82) is 0 Å². The second-order valence-corrected chi connectivity index (χ2v) is 6.56. The third-order valence-electron chi connectivity index (χ3n) is 3.77. The molecular formula is C19H19NO5S. The van der Waals surface area contributed by atoms with Crippen LogP contribution in [0.1, 0.15) is 10.6 Å². The van der Waals surface area contributed by atoms with Crippen LogP contribution < -0.4 is 14.2 Å². The number of aromatic nitrogens is 1. The molecule has 0 radical (unpaired) electrons. The Bertz CT molecular complexity index is 863. The van der Waals surface area contributed by atoms with Crippen molar-refractivity contribution in [3.63, 3.8) is 0 Å². The van der Waals surface area contributed by atoms with E-state index in [1.165, 1.54) is 32.7 Å². The quantitative estimate of drug-likeness (QED) is 0.590. The highest BCUT2D eigenvalue weighted by atomic mass is 32.1. The van der Waals surface area contributed by atoms with E-state index < -0.39 is 0 Å². The number of para-hydroxylation sites is 1. The molecule has 0 aliphatic heterocycles. The summed E-state index contributed by atoms with van der Waals surface area (Å²) >= 11 is 1.52. The number of hydrogen-bond donors (Lipinski definition) is 0. The number of thiazole rings is 1. The summed E-state index contributed by atoms with van der Waals surface area (Å²) in [4.78, 5) is 16.7. The van der Waals surface area contributed by atoms with Crippen molar-refractivity contribution >= 4 is 27.5 Å². The molecule has 1 heterocycles. The summed E-state index contributed by atoms with van der Waals surface area (Å²) < 4.78 is 22.3. The summed E-state index contributed by atoms with van der Waals surface area (Å²) in [5.41, 5.74) is 1.63. The molecule has 0 aliphatic rings. The van der Waals surface area contributed by atoms with Crippen molar-refractivity contribution in [1.82, 2.24) is 4.98 Å². The number of benzene rings is 2. The van der Waals surface area contributed by atoms with Gasteiger partial charge in [0, 0.05) is 0 Å². The van der Waals surface area contributed by atoms with E-state index in [1.54, 1.807) is 12.1 Å². The Hall–Kier alpha value is -2.80. The van der Waals surface area contributed by atoms with Crippen LogP contribution in [0.5, 0.6) is 17.2 Å². The lowest BCUT2D eigenvalue weighted by molar-refractivity contribution is -0.144. The van der Waals surface area contributed by atoms with E-state index >= 15 is 0 Å². The van der Waals surface area contributed by atoms with Crippen LogP contribution in [-0.4, -0.2) is 32.3 Å². The molecule has 1 aromatic heterocycles. The first-order valence-corrected chi connectivity index (χ1v) is 8.75. The van der Waals surface area contributed by atoms with Crippen molar-refractivity contribution < 1.29 is 23.7 Å². The molecule has 0 N–H and O–H groups in total. The maximum Gasteiger partial charge on any atom is 0.310 e. The highest BCUT2D eigenvalue weighted by molar-refractivity contribution is 7.18. The van der Waals surface area contributed by atoms with E-state index in [9.17, 15) is 4.79 Å². The Labute approximate surface area is 155 Å². The van der Waals surface area contributed by atoms with Crippen LogP contribution >= 0.6 is 11.3 Å². The number of fused-ring (bicyclic) bond motifs is 1. The van der Waals surface area contributed by atoms with Crippen LogP contribution in [0, 0.1) is 0 Å². The minimum absolute atomic E-state index is 0.0988. The number of rotatable bonds is 7. The molecule has 0 fully saturated rings. The van der Waals surface area contributed by atoms with Crippen molar-refractivity contribution in [3.05, 3.63) is 47.0 Å². The Morgan fingerprint density at radius 1 is 1.04 bits per heavy atom. The van der Waals surface area contributed by atoms with Gasteiger partial charge in [-0.1, -0.05) is 12.1 Å². The molecule has 7 heteroatoms. The van der Waals surface area contributed by atoms with Gasteiger partial charge in [-0.25, -0.2) is 4.98 Å². The van der Waals surface area contributed by atoms with E-state index in [-0.39, 0.29) is 19.0 Å². The predicted molar refractivity (Wildman–Crippen MR) is 99.2 cm³/mol. The molecule has 136 valence electrons. The van der Waals surface area contributed by atoms with Crippen molar-refractivity contribution in [2.24, 2.45) is 0 Å². The van der Waals surface area contributed by atoms with E-state index in [0.29, 0.717) is 22.8 Å². The van der Waals surface area contributed by atoms with E-state index in [1.807, 2.05) is 24.3 Å². The zero-order valence-electron chi connectivity index (χ0n) is 14.8. The fourth-order valence-corrected chi connectivity index (χ4v) is 3.46. The van der Waals surface area contributed by atoms with Gasteiger partial charge in [0.1, 0.15) is 11.6 Å². The molecule has 3 rings (SSSR count). The van der Waals surface area contributed by atoms with E-state index in [4.69, 9.17) is 18.9 Å². The largest absolute Gasteiger partial charge is 0.493 e. The molecule has 0 spiro atoms. The van der Waals surface area contributed by atoms with Crippen LogP contribution in [0.4, 0.5) is 0 Å². The highest BCUT2D eigenvalue weighted by Crippen LogP contribution is 2.38. The number of carbonyl (C=O) groups excluding carboxylic acids is 1. The lowest BCUT2D eigenvalue weighted by Gasteiger charge is -2.13. The Morgan fingerprint density at radius 3 is 2.35 bits per heavy atom. The van der Waals surface area contributed by atoms with Crippen LogP contribution in [-0.2, 0) is 22.6 Å². The average molecular weight is 373 g/mol. The maximum atomic E-state index is 12.2. The third kappa shape index (κ3) is 3.88. The van der Waals surface area contributed by atoms with Crippen LogP contribution in [0.25, 0.3) is 10.2 Å². The van der Waals surface area contributed by atoms with Gasteiger partial charge in [0.25, 0.3) is 0 Å². The number of esters is 1. The fourth-order valence-electron chi connectivity index (χ4n) is 2.58. The normalized spacial score (nSPS) is 10.6. The molecule has 0 bridgehead atoms. The van der Waals surface area contributed by atoms with E-state index in [2.05, 4.69) is 4.98 Å². The summed E-state index contributed by atoms with van der Waals surface area (Å²) in [7, 11) is 4.60. The first-order valence-electron chi connectivity index (χ1n) is 7.93. The first kappa shape index (κ1) is 18.0. The minimum atomic E-state index is -0.349. The Morgan fingerprint density at radius 2 is 1.73 bits per heavy atom. The molecule has 0 saturated carbocycles. The van der Waals surface area contributed by atoms with Crippen molar-refractivity contribution in [3.8, 4) is 17.2 Å². The van der Waals surface area contributed by atoms with Gasteiger partial charge in [-0.05, 0) is 29.8 Å². The summed E-state index contributed by atoms with van der Waals surface area (Å²) in [6.45, 7) is 0.155. The second kappa shape index (κ2) is 8.05. The smallest absolute Gasteiger partial charge is 0.310 e. The van der Waals surface area contributed by atoms with Gasteiger partial charge >= 0.3 is 5.97 Å². The monoisotopic (exact) mass is 373 g/mol. The maximum absolute atomic E-state index is 12.2. The average Bonchev–Trinajstić information content (AvgIpc) is 3.08. The van der Waals surface area contributed by atoms with Gasteiger partial charge in [-0.3, -0.25) is 4.79 Å². The number of ether oxygens (including phenoxy) is 4. The lowest BCUT2D eigenvalue weighted by Crippen LogP contribution is -2.08. The van der Waals surface area contributed by atoms with Gasteiger partial charge in [0.05, 0.1) is 38.0 Å². The standard InChI is InChI=1S/C19H19NO5S/c1-22-14-8-12(9-15(23-2)19(14)24-3)10-18(21)25-11-17-20-13-6-4-5-7-16(13)26-17/h4-9H,10-11H2,1-3H3. The Kier molecular flexibility index (Phi) is 5.58. The molecule has 0 atom stereocenters. The summed E-state index contributed by atoms with van der Waals surface area (Å²) in [5.74, 6) is 1.14. The molecule has 0 aliphatic carbocycles. The molecule has 6 nitrogen and oxygen atoms in total. The van der Waals surface area contributed by atoms with Crippen LogP contribution in [0.15, 0.2) is 36.4 Å². The van der Waals surface area contributed by atoms with Crippen LogP contribution in [0.3, 0.4) is 0 Å². The third-order valence-corrected chi connectivity index (χ3v) is 4.78. The number of carbonyl (C=O) groups is 1. The van der Waals surface area contributed by atoms with Gasteiger partial charge in [-0.2, -0.15) is 0 Å². The SMILES string of the molecule is COc1cc(CC(=O)OCc2nc3ccccc3s2)cc(OC)c1OC. The first-order chi connectivity index (χ1) is 12.6.